The molecule has 0 heterocycles. The van der Waals surface area contributed by atoms with Crippen molar-refractivity contribution in [3.63, 3.8) is 0 Å². The van der Waals surface area contributed by atoms with Gasteiger partial charge in [0, 0.05) is 5.69 Å². The zero-order valence-electron chi connectivity index (χ0n) is 13.4. The van der Waals surface area contributed by atoms with E-state index >= 15 is 0 Å². The smallest absolute Gasteiger partial charge is 0.452 e. The number of halogens is 4. The van der Waals surface area contributed by atoms with E-state index in [1.165, 1.54) is 31.2 Å². The number of aryl methyl sites for hydroxylation is 1. The van der Waals surface area contributed by atoms with Gasteiger partial charge in [0.15, 0.2) is 6.61 Å². The van der Waals surface area contributed by atoms with Gasteiger partial charge >= 0.3 is 12.3 Å². The van der Waals surface area contributed by atoms with Crippen molar-refractivity contribution in [2.75, 3.05) is 11.9 Å². The maximum absolute atomic E-state index is 13.4. The maximum Gasteiger partial charge on any atom is 0.573 e. The molecule has 0 atom stereocenters. The highest BCUT2D eigenvalue weighted by molar-refractivity contribution is 5.95. The summed E-state index contributed by atoms with van der Waals surface area (Å²) in [6.07, 6.45) is -4.81. The van der Waals surface area contributed by atoms with Crippen LogP contribution in [0, 0.1) is 12.7 Å². The third-order valence-corrected chi connectivity index (χ3v) is 3.11. The molecule has 26 heavy (non-hydrogen) atoms. The molecule has 1 amide bonds. The Morgan fingerprint density at radius 1 is 1.08 bits per heavy atom. The van der Waals surface area contributed by atoms with E-state index in [-0.39, 0.29) is 11.3 Å². The van der Waals surface area contributed by atoms with E-state index in [2.05, 4.69) is 10.1 Å². The van der Waals surface area contributed by atoms with Gasteiger partial charge in [0.05, 0.1) is 5.56 Å². The van der Waals surface area contributed by atoms with Crippen LogP contribution in [0.3, 0.4) is 0 Å². The van der Waals surface area contributed by atoms with Gasteiger partial charge in [-0.3, -0.25) is 4.79 Å². The van der Waals surface area contributed by atoms with E-state index in [0.717, 1.165) is 18.2 Å². The summed E-state index contributed by atoms with van der Waals surface area (Å²) in [5, 5.41) is 2.33. The summed E-state index contributed by atoms with van der Waals surface area (Å²) in [7, 11) is 0. The highest BCUT2D eigenvalue weighted by Gasteiger charge is 2.30. The number of esters is 1. The lowest BCUT2D eigenvalue weighted by molar-refractivity contribution is -0.274. The summed E-state index contributed by atoms with van der Waals surface area (Å²) in [6, 6.07) is 8.17. The molecule has 1 N–H and O–H groups in total. The molecule has 5 nitrogen and oxygen atoms in total. The van der Waals surface area contributed by atoms with Crippen LogP contribution in [0.1, 0.15) is 15.9 Å². The van der Waals surface area contributed by atoms with Gasteiger partial charge in [-0.2, -0.15) is 0 Å². The number of carbonyl (C=O) groups is 2. The van der Waals surface area contributed by atoms with Gasteiger partial charge in [-0.15, -0.1) is 13.2 Å². The summed E-state index contributed by atoms with van der Waals surface area (Å²) >= 11 is 0. The van der Waals surface area contributed by atoms with E-state index in [0.29, 0.717) is 5.56 Å². The Hall–Kier alpha value is -3.10. The Bertz CT molecular complexity index is 803. The standard InChI is InChI=1S/C17H13F4NO4/c1-10-2-3-11(8-14(10)18)16(24)25-9-15(23)22-12-4-6-13(7-5-12)26-17(19,20)21/h2-8H,9H2,1H3,(H,22,23). The number of carbonyl (C=O) groups excluding carboxylic acids is 2. The molecule has 0 fully saturated rings. The second kappa shape index (κ2) is 7.85. The first-order valence-corrected chi connectivity index (χ1v) is 7.23. The highest BCUT2D eigenvalue weighted by Crippen LogP contribution is 2.23. The zero-order chi connectivity index (χ0) is 19.3. The molecule has 0 saturated carbocycles. The largest absolute Gasteiger partial charge is 0.573 e. The molecule has 2 rings (SSSR count). The Kier molecular flexibility index (Phi) is 5.81. The van der Waals surface area contributed by atoms with Gasteiger partial charge in [-0.25, -0.2) is 9.18 Å². The lowest BCUT2D eigenvalue weighted by Crippen LogP contribution is -2.21. The monoisotopic (exact) mass is 371 g/mol. The van der Waals surface area contributed by atoms with Gasteiger partial charge < -0.3 is 14.8 Å². The number of hydrogen-bond donors (Lipinski definition) is 1. The average molecular weight is 371 g/mol. The number of rotatable bonds is 5. The van der Waals surface area contributed by atoms with Gasteiger partial charge in [0.1, 0.15) is 11.6 Å². The number of benzene rings is 2. The van der Waals surface area contributed by atoms with Crippen LogP contribution < -0.4 is 10.1 Å². The number of alkyl halides is 3. The average Bonchev–Trinajstić information content (AvgIpc) is 2.55. The lowest BCUT2D eigenvalue weighted by Gasteiger charge is -2.10. The number of anilines is 1. The van der Waals surface area contributed by atoms with Crippen LogP contribution in [0.2, 0.25) is 0 Å². The molecular weight excluding hydrogens is 358 g/mol. The molecule has 0 radical (unpaired) electrons. The first-order valence-electron chi connectivity index (χ1n) is 7.23. The van der Waals surface area contributed by atoms with E-state index in [4.69, 9.17) is 4.74 Å². The molecule has 0 aliphatic heterocycles. The molecule has 0 spiro atoms. The molecule has 0 aliphatic rings. The number of hydrogen-bond acceptors (Lipinski definition) is 4. The van der Waals surface area contributed by atoms with Crippen LogP contribution in [0.15, 0.2) is 42.5 Å². The van der Waals surface area contributed by atoms with Gasteiger partial charge in [0.25, 0.3) is 5.91 Å². The molecular formula is C17H13F4NO4. The minimum absolute atomic E-state index is 0.0467. The predicted molar refractivity (Wildman–Crippen MR) is 83.2 cm³/mol. The third-order valence-electron chi connectivity index (χ3n) is 3.11. The number of ether oxygens (including phenoxy) is 2. The second-order valence-electron chi connectivity index (χ2n) is 5.16. The molecule has 2 aromatic carbocycles. The zero-order valence-corrected chi connectivity index (χ0v) is 13.4. The minimum Gasteiger partial charge on any atom is -0.452 e. The van der Waals surface area contributed by atoms with E-state index in [1.54, 1.807) is 0 Å². The Morgan fingerprint density at radius 3 is 2.31 bits per heavy atom. The van der Waals surface area contributed by atoms with Crippen molar-refractivity contribution >= 4 is 17.6 Å². The van der Waals surface area contributed by atoms with Crippen molar-refractivity contribution in [1.82, 2.24) is 0 Å². The van der Waals surface area contributed by atoms with Crippen molar-refractivity contribution < 1.29 is 36.6 Å². The van der Waals surface area contributed by atoms with Crippen LogP contribution in [0.4, 0.5) is 23.2 Å². The minimum atomic E-state index is -4.81. The summed E-state index contributed by atoms with van der Waals surface area (Å²) < 4.78 is 58.0. The fourth-order valence-corrected chi connectivity index (χ4v) is 1.87. The van der Waals surface area contributed by atoms with Crippen LogP contribution in [0.25, 0.3) is 0 Å². The van der Waals surface area contributed by atoms with Crippen LogP contribution in [-0.2, 0) is 9.53 Å². The summed E-state index contributed by atoms with van der Waals surface area (Å²) in [5.41, 5.74) is 0.494. The van der Waals surface area contributed by atoms with Crippen molar-refractivity contribution in [1.29, 1.82) is 0 Å². The highest BCUT2D eigenvalue weighted by atomic mass is 19.4. The fourth-order valence-electron chi connectivity index (χ4n) is 1.87. The van der Waals surface area contributed by atoms with E-state index < -0.39 is 36.4 Å². The van der Waals surface area contributed by atoms with Gasteiger partial charge in [0.2, 0.25) is 0 Å². The van der Waals surface area contributed by atoms with Gasteiger partial charge in [-0.05, 0) is 48.9 Å². The summed E-state index contributed by atoms with van der Waals surface area (Å²) in [6.45, 7) is 0.887. The third kappa shape index (κ3) is 5.76. The van der Waals surface area contributed by atoms with Crippen molar-refractivity contribution in [3.05, 3.63) is 59.4 Å². The summed E-state index contributed by atoms with van der Waals surface area (Å²) in [5.74, 6) is -2.61. The Balaban J connectivity index is 1.86. The first kappa shape index (κ1) is 19.2. The molecule has 0 unspecified atom stereocenters. The number of amides is 1. The maximum atomic E-state index is 13.4. The Morgan fingerprint density at radius 2 is 1.73 bits per heavy atom. The first-order chi connectivity index (χ1) is 12.1. The predicted octanol–water partition coefficient (Wildman–Crippen LogP) is 3.83. The molecule has 0 bridgehead atoms. The van der Waals surface area contributed by atoms with Crippen molar-refractivity contribution in [2.45, 2.75) is 13.3 Å². The SMILES string of the molecule is Cc1ccc(C(=O)OCC(=O)Nc2ccc(OC(F)(F)F)cc2)cc1F. The van der Waals surface area contributed by atoms with Crippen LogP contribution in [-0.4, -0.2) is 24.8 Å². The van der Waals surface area contributed by atoms with Crippen LogP contribution in [0.5, 0.6) is 5.75 Å². The molecule has 0 aliphatic carbocycles. The molecule has 0 aromatic heterocycles. The lowest BCUT2D eigenvalue weighted by atomic mass is 10.1. The normalized spacial score (nSPS) is 11.0. The summed E-state index contributed by atoms with van der Waals surface area (Å²) in [4.78, 5) is 23.5. The molecule has 2 aromatic rings. The quantitative estimate of drug-likeness (QED) is 0.641. The number of nitrogens with one attached hydrogen (secondary N) is 1. The molecule has 9 heteroatoms. The van der Waals surface area contributed by atoms with Crippen LogP contribution >= 0.6 is 0 Å². The van der Waals surface area contributed by atoms with E-state index in [9.17, 15) is 27.2 Å². The molecule has 138 valence electrons. The fraction of sp³-hybridized carbons (Fsp3) is 0.176. The van der Waals surface area contributed by atoms with Gasteiger partial charge in [-0.1, -0.05) is 6.07 Å². The topological polar surface area (TPSA) is 64.6 Å². The van der Waals surface area contributed by atoms with Crippen molar-refractivity contribution in [3.8, 4) is 5.75 Å². The van der Waals surface area contributed by atoms with Crippen molar-refractivity contribution in [2.24, 2.45) is 0 Å². The second-order valence-corrected chi connectivity index (χ2v) is 5.16. The van der Waals surface area contributed by atoms with E-state index in [1.807, 2.05) is 0 Å². The Labute approximate surface area is 145 Å². The molecule has 0 saturated heterocycles.